The Balaban J connectivity index is 1.50. The molecule has 3 aromatic carbocycles. The summed E-state index contributed by atoms with van der Waals surface area (Å²) in [5, 5.41) is 0.713. The van der Waals surface area contributed by atoms with Gasteiger partial charge in [-0.15, -0.1) is 0 Å². The summed E-state index contributed by atoms with van der Waals surface area (Å²) < 4.78 is 5.87. The summed E-state index contributed by atoms with van der Waals surface area (Å²) in [7, 11) is 0. The highest BCUT2D eigenvalue weighted by molar-refractivity contribution is 6.30. The number of benzene rings is 3. The Kier molecular flexibility index (Phi) is 4.59. The number of hydrogen-bond acceptors (Lipinski definition) is 2. The molecule has 4 rings (SSSR count). The van der Waals surface area contributed by atoms with E-state index in [0.717, 1.165) is 33.6 Å². The highest BCUT2D eigenvalue weighted by Gasteiger charge is 2.23. The van der Waals surface area contributed by atoms with Crippen LogP contribution in [0.15, 0.2) is 78.4 Å². The fraction of sp³-hybridized carbons (Fsp3) is 0.0870. The lowest BCUT2D eigenvalue weighted by molar-refractivity contribution is 0.104. The van der Waals surface area contributed by atoms with Gasteiger partial charge in [0.05, 0.1) is 0 Å². The third-order valence-corrected chi connectivity index (χ3v) is 4.70. The smallest absolute Gasteiger partial charge is 0.189 e. The molecular weight excluding hydrogens is 344 g/mol. The fourth-order valence-electron chi connectivity index (χ4n) is 3.11. The van der Waals surface area contributed by atoms with Crippen LogP contribution in [0.5, 0.6) is 5.75 Å². The molecule has 3 heteroatoms. The van der Waals surface area contributed by atoms with E-state index in [0.29, 0.717) is 18.1 Å². The third-order valence-electron chi connectivity index (χ3n) is 4.45. The second-order valence-electron chi connectivity index (χ2n) is 6.32. The van der Waals surface area contributed by atoms with Gasteiger partial charge in [0, 0.05) is 22.6 Å². The van der Waals surface area contributed by atoms with Crippen LogP contribution in [0.1, 0.15) is 27.0 Å². The Labute approximate surface area is 157 Å². The standard InChI is InChI=1S/C23H17ClO2/c24-20-10-8-16(9-11-20)15-26-21-6-3-4-17(13-21)12-19-14-18-5-1-2-7-22(18)23(19)25/h1-13H,14-15H2/b19-12+. The highest BCUT2D eigenvalue weighted by Crippen LogP contribution is 2.28. The third kappa shape index (κ3) is 3.56. The monoisotopic (exact) mass is 360 g/mol. The van der Waals surface area contributed by atoms with Crippen molar-refractivity contribution in [3.8, 4) is 5.75 Å². The van der Waals surface area contributed by atoms with Gasteiger partial charge in [0.1, 0.15) is 12.4 Å². The van der Waals surface area contributed by atoms with Crippen LogP contribution >= 0.6 is 11.6 Å². The average Bonchev–Trinajstić information content (AvgIpc) is 2.98. The molecule has 0 N–H and O–H groups in total. The van der Waals surface area contributed by atoms with Gasteiger partial charge in [-0.2, -0.15) is 0 Å². The summed E-state index contributed by atoms with van der Waals surface area (Å²) >= 11 is 5.90. The summed E-state index contributed by atoms with van der Waals surface area (Å²) in [6, 6.07) is 23.2. The molecule has 0 fully saturated rings. The first-order chi connectivity index (χ1) is 12.7. The maximum absolute atomic E-state index is 12.5. The Morgan fingerprint density at radius 1 is 0.962 bits per heavy atom. The van der Waals surface area contributed by atoms with Crippen molar-refractivity contribution in [3.05, 3.63) is 106 Å². The first kappa shape index (κ1) is 16.6. The number of ketones is 1. The zero-order valence-corrected chi connectivity index (χ0v) is 14.9. The Bertz CT molecular complexity index is 987. The van der Waals surface area contributed by atoms with E-state index in [4.69, 9.17) is 16.3 Å². The van der Waals surface area contributed by atoms with E-state index in [9.17, 15) is 4.79 Å². The van der Waals surface area contributed by atoms with E-state index in [1.807, 2.05) is 78.9 Å². The molecule has 0 unspecified atom stereocenters. The van der Waals surface area contributed by atoms with Crippen LogP contribution in [0.3, 0.4) is 0 Å². The van der Waals surface area contributed by atoms with Gasteiger partial charge in [-0.05, 0) is 47.0 Å². The molecule has 0 spiro atoms. The zero-order valence-electron chi connectivity index (χ0n) is 14.1. The van der Waals surface area contributed by atoms with Gasteiger partial charge >= 0.3 is 0 Å². The Hall–Kier alpha value is -2.84. The van der Waals surface area contributed by atoms with Crippen LogP contribution in [0.4, 0.5) is 0 Å². The van der Waals surface area contributed by atoms with E-state index in [-0.39, 0.29) is 5.78 Å². The number of Topliss-reactive ketones (excluding diaryl/α,β-unsaturated/α-hetero) is 1. The van der Waals surface area contributed by atoms with Crippen LogP contribution in [0.2, 0.25) is 5.02 Å². The number of carbonyl (C=O) groups is 1. The minimum atomic E-state index is 0.119. The normalized spacial score (nSPS) is 14.5. The summed E-state index contributed by atoms with van der Waals surface area (Å²) in [4.78, 5) is 12.5. The molecule has 0 heterocycles. The second-order valence-corrected chi connectivity index (χ2v) is 6.76. The molecule has 0 radical (unpaired) electrons. The highest BCUT2D eigenvalue weighted by atomic mass is 35.5. The first-order valence-corrected chi connectivity index (χ1v) is 8.87. The zero-order chi connectivity index (χ0) is 17.9. The Morgan fingerprint density at radius 2 is 1.77 bits per heavy atom. The molecule has 128 valence electrons. The number of carbonyl (C=O) groups excluding carboxylic acids is 1. The van der Waals surface area contributed by atoms with Crippen LogP contribution < -0.4 is 4.74 Å². The first-order valence-electron chi connectivity index (χ1n) is 8.49. The minimum absolute atomic E-state index is 0.119. The fourth-order valence-corrected chi connectivity index (χ4v) is 3.24. The molecule has 2 nitrogen and oxygen atoms in total. The van der Waals surface area contributed by atoms with Crippen LogP contribution in [0, 0.1) is 0 Å². The van der Waals surface area contributed by atoms with Crippen molar-refractivity contribution in [3.63, 3.8) is 0 Å². The molecule has 0 aliphatic heterocycles. The van der Waals surface area contributed by atoms with E-state index >= 15 is 0 Å². The van der Waals surface area contributed by atoms with Crippen molar-refractivity contribution in [1.82, 2.24) is 0 Å². The summed E-state index contributed by atoms with van der Waals surface area (Å²) in [6.45, 7) is 0.474. The maximum Gasteiger partial charge on any atom is 0.189 e. The number of halogens is 1. The van der Waals surface area contributed by atoms with Crippen molar-refractivity contribution < 1.29 is 9.53 Å². The lowest BCUT2D eigenvalue weighted by Gasteiger charge is -2.07. The largest absolute Gasteiger partial charge is 0.489 e. The van der Waals surface area contributed by atoms with Gasteiger partial charge in [-0.1, -0.05) is 60.1 Å². The van der Waals surface area contributed by atoms with Crippen molar-refractivity contribution >= 4 is 23.5 Å². The quantitative estimate of drug-likeness (QED) is 0.554. The number of fused-ring (bicyclic) bond motifs is 1. The summed E-state index contributed by atoms with van der Waals surface area (Å²) in [5.41, 5.74) is 4.75. The summed E-state index contributed by atoms with van der Waals surface area (Å²) in [6.07, 6.45) is 2.64. The van der Waals surface area contributed by atoms with Crippen molar-refractivity contribution in [1.29, 1.82) is 0 Å². The van der Waals surface area contributed by atoms with Crippen LogP contribution in [0.25, 0.3) is 6.08 Å². The van der Waals surface area contributed by atoms with E-state index in [2.05, 4.69) is 0 Å². The van der Waals surface area contributed by atoms with Crippen molar-refractivity contribution in [2.75, 3.05) is 0 Å². The topological polar surface area (TPSA) is 26.3 Å². The maximum atomic E-state index is 12.5. The average molecular weight is 361 g/mol. The number of rotatable bonds is 4. The predicted octanol–water partition coefficient (Wildman–Crippen LogP) is 5.74. The van der Waals surface area contributed by atoms with Crippen molar-refractivity contribution in [2.45, 2.75) is 13.0 Å². The van der Waals surface area contributed by atoms with Gasteiger partial charge in [0.25, 0.3) is 0 Å². The molecule has 0 atom stereocenters. The second kappa shape index (κ2) is 7.19. The van der Waals surface area contributed by atoms with Crippen molar-refractivity contribution in [2.24, 2.45) is 0 Å². The molecule has 0 aromatic heterocycles. The number of allylic oxidation sites excluding steroid dienone is 1. The molecule has 0 amide bonds. The van der Waals surface area contributed by atoms with Gasteiger partial charge < -0.3 is 4.74 Å². The molecule has 0 saturated heterocycles. The molecule has 26 heavy (non-hydrogen) atoms. The molecule has 3 aromatic rings. The lowest BCUT2D eigenvalue weighted by atomic mass is 10.1. The molecule has 0 saturated carbocycles. The van der Waals surface area contributed by atoms with Gasteiger partial charge in [-0.25, -0.2) is 0 Å². The molecular formula is C23H17ClO2. The van der Waals surface area contributed by atoms with E-state index < -0.39 is 0 Å². The van der Waals surface area contributed by atoms with E-state index in [1.165, 1.54) is 0 Å². The Morgan fingerprint density at radius 3 is 2.58 bits per heavy atom. The number of hydrogen-bond donors (Lipinski definition) is 0. The molecule has 0 bridgehead atoms. The van der Waals surface area contributed by atoms with Gasteiger partial charge in [0.15, 0.2) is 5.78 Å². The number of ether oxygens (including phenoxy) is 1. The van der Waals surface area contributed by atoms with Crippen LogP contribution in [-0.2, 0) is 13.0 Å². The summed E-state index contributed by atoms with van der Waals surface area (Å²) in [5.74, 6) is 0.894. The lowest BCUT2D eigenvalue weighted by Crippen LogP contribution is -1.96. The van der Waals surface area contributed by atoms with Gasteiger partial charge in [0.2, 0.25) is 0 Å². The van der Waals surface area contributed by atoms with E-state index in [1.54, 1.807) is 0 Å². The minimum Gasteiger partial charge on any atom is -0.489 e. The SMILES string of the molecule is O=C1/C(=C/c2cccc(OCc3ccc(Cl)cc3)c2)Cc2ccccc21. The molecule has 1 aliphatic carbocycles. The van der Waals surface area contributed by atoms with Crippen LogP contribution in [-0.4, -0.2) is 5.78 Å². The predicted molar refractivity (Wildman–Crippen MR) is 105 cm³/mol. The molecule has 1 aliphatic rings. The van der Waals surface area contributed by atoms with Gasteiger partial charge in [-0.3, -0.25) is 4.79 Å².